The fraction of sp³-hybridized carbons (Fsp3) is 0.433. The van der Waals surface area contributed by atoms with Gasteiger partial charge in [-0.15, -0.1) is 0 Å². The first kappa shape index (κ1) is 66.7. The fourth-order valence-electron chi connectivity index (χ4n) is 10.3. The molecule has 7 atom stereocenters. The van der Waals surface area contributed by atoms with Gasteiger partial charge in [-0.3, -0.25) is 38.4 Å². The minimum Gasteiger partial charge on any atom is -0.376 e. The number of nitrogens with two attached hydrogens (primary N) is 1. The van der Waals surface area contributed by atoms with Crippen molar-refractivity contribution in [3.63, 3.8) is 0 Å². The van der Waals surface area contributed by atoms with Crippen molar-refractivity contribution >= 4 is 83.4 Å². The number of H-pyrrole nitrogens is 1. The molecule has 0 saturated carbocycles. The van der Waals surface area contributed by atoms with E-state index in [0.717, 1.165) is 0 Å². The molecule has 27 heteroatoms. The van der Waals surface area contributed by atoms with Crippen LogP contribution in [0.25, 0.3) is 10.9 Å². The standard InChI is InChI=1S/C60H70F6N10O9S2/c1-6-7-17-42-55(83)75-24-13-19-45(75)52(80)74-48(57(2,3)86)56(84)76(49(58(4,5)87)54(82)70-32-46(77)71-43(51(79)72-42)27-33-14-9-8-10-15-33)85-39-22-20-35(21-23-39)47(67)53(81)73-44(28-36-31-68-41-18-12-11-16-40(36)41)50(78)69-30-34-25-37(59(61,62)63)29-38(26-34)60(64,65)66/h8-12,14-16,18,20-23,25-26,29,31,42-45,47-49,68,86-87H,6-7,13,17,19,24,27-28,30,32,67H2,1-5H3,(H,69,78)(H,70,82)(H,71,77)(H,72,79)(H,73,81)(H,74,80)/t42-,43-,44-,45-,47-,48+,49-/m0/s1. The van der Waals surface area contributed by atoms with Crippen molar-refractivity contribution in [2.45, 2.75) is 150 Å². The summed E-state index contributed by atoms with van der Waals surface area (Å²) >= 11 is 9.45. The van der Waals surface area contributed by atoms with Crippen molar-refractivity contribution in [1.29, 1.82) is 0 Å². The molecule has 0 radical (unpaired) electrons. The Hall–Kier alpha value is -7.78. The fourth-order valence-corrected chi connectivity index (χ4v) is 10.7. The van der Waals surface area contributed by atoms with Crippen LogP contribution in [0.15, 0.2) is 103 Å². The summed E-state index contributed by atoms with van der Waals surface area (Å²) in [4.78, 5) is 126. The van der Waals surface area contributed by atoms with Gasteiger partial charge in [0, 0.05) is 52.5 Å². The number of hydrogen-bond donors (Lipinski definition) is 10. The third kappa shape index (κ3) is 17.3. The molecular formula is C60H70F6N10O9S2. The average Bonchev–Trinajstić information content (AvgIpc) is 1.77. The highest BCUT2D eigenvalue weighted by Crippen LogP contribution is 2.37. The van der Waals surface area contributed by atoms with Gasteiger partial charge >= 0.3 is 12.4 Å². The third-order valence-corrected chi connectivity index (χ3v) is 15.3. The lowest BCUT2D eigenvalue weighted by atomic mass is 9.97. The van der Waals surface area contributed by atoms with Gasteiger partial charge in [-0.05, 0) is 106 Å². The van der Waals surface area contributed by atoms with Crippen LogP contribution in [0.5, 0.6) is 5.75 Å². The summed E-state index contributed by atoms with van der Waals surface area (Å²) in [7, 11) is 0. The van der Waals surface area contributed by atoms with Crippen LogP contribution >= 0.6 is 25.3 Å². The van der Waals surface area contributed by atoms with Crippen molar-refractivity contribution in [2.75, 3.05) is 13.1 Å². The second kappa shape index (κ2) is 27.9. The third-order valence-electron chi connectivity index (χ3n) is 14.8. The molecule has 87 heavy (non-hydrogen) atoms. The highest BCUT2D eigenvalue weighted by atomic mass is 32.1. The summed E-state index contributed by atoms with van der Waals surface area (Å²) in [6.07, 6.45) is -7.01. The van der Waals surface area contributed by atoms with E-state index in [-0.39, 0.29) is 49.6 Å². The first-order valence-corrected chi connectivity index (χ1v) is 29.0. The van der Waals surface area contributed by atoms with Gasteiger partial charge in [0.05, 0.1) is 17.7 Å². The van der Waals surface area contributed by atoms with E-state index in [2.05, 4.69) is 36.9 Å². The number of benzene rings is 4. The number of alkyl halides is 6. The molecule has 19 nitrogen and oxygen atoms in total. The maximum absolute atomic E-state index is 15.3. The Labute approximate surface area is 509 Å². The molecule has 8 amide bonds. The van der Waals surface area contributed by atoms with Crippen LogP contribution < -0.4 is 42.5 Å². The number of carbonyl (C=O) groups is 8. The molecule has 2 aliphatic rings. The summed E-state index contributed by atoms with van der Waals surface area (Å²) in [6.45, 7) is 6.52. The molecule has 468 valence electrons. The maximum atomic E-state index is 15.3. The van der Waals surface area contributed by atoms with Gasteiger partial charge in [0.25, 0.3) is 5.91 Å². The number of hydrogen-bond acceptors (Lipinski definition) is 12. The van der Waals surface area contributed by atoms with Crippen LogP contribution in [-0.2, 0) is 70.1 Å². The minimum atomic E-state index is -5.15. The average molecular weight is 1250 g/mol. The molecule has 2 fully saturated rings. The molecule has 0 aliphatic carbocycles. The zero-order valence-electron chi connectivity index (χ0n) is 48.2. The Kier molecular flexibility index (Phi) is 21.4. The molecule has 2 saturated heterocycles. The number of nitrogens with zero attached hydrogens (tertiary/aromatic N) is 2. The molecule has 7 rings (SSSR count). The van der Waals surface area contributed by atoms with E-state index in [4.69, 9.17) is 35.8 Å². The maximum Gasteiger partial charge on any atom is 0.416 e. The number of fused-ring (bicyclic) bond motifs is 2. The van der Waals surface area contributed by atoms with Crippen molar-refractivity contribution < 1.29 is 69.5 Å². The zero-order chi connectivity index (χ0) is 63.8. The number of aromatic amines is 1. The Morgan fingerprint density at radius 2 is 1.39 bits per heavy atom. The molecule has 0 spiro atoms. The van der Waals surface area contributed by atoms with Gasteiger partial charge < -0.3 is 52.4 Å². The number of halogens is 6. The molecule has 5 aromatic rings. The molecule has 0 unspecified atom stereocenters. The number of hydroxylamine groups is 2. The normalized spacial score (nSPS) is 20.5. The Balaban J connectivity index is 1.18. The van der Waals surface area contributed by atoms with Crippen molar-refractivity contribution in [3.8, 4) is 5.75 Å². The number of para-hydroxylation sites is 1. The van der Waals surface area contributed by atoms with Gasteiger partial charge in [-0.1, -0.05) is 80.4 Å². The summed E-state index contributed by atoms with van der Waals surface area (Å²) in [5.74, 6) is -6.87. The molecular weight excluding hydrogens is 1180 g/mol. The van der Waals surface area contributed by atoms with Crippen LogP contribution in [0.4, 0.5) is 26.3 Å². The van der Waals surface area contributed by atoms with Crippen LogP contribution in [0.2, 0.25) is 0 Å². The van der Waals surface area contributed by atoms with E-state index in [1.165, 1.54) is 56.9 Å². The first-order valence-electron chi connectivity index (χ1n) is 28.1. The number of carbonyl (C=O) groups excluding carboxylic acids is 8. The quantitative estimate of drug-likeness (QED) is 0.0374. The summed E-state index contributed by atoms with van der Waals surface area (Å²) < 4.78 is 79.4. The number of thiol groups is 2. The smallest absolute Gasteiger partial charge is 0.376 e. The highest BCUT2D eigenvalue weighted by molar-refractivity contribution is 7.82. The Morgan fingerprint density at radius 1 is 0.747 bits per heavy atom. The second-order valence-corrected chi connectivity index (χ2v) is 24.9. The van der Waals surface area contributed by atoms with Gasteiger partial charge in [0.1, 0.15) is 36.3 Å². The molecule has 4 aromatic carbocycles. The van der Waals surface area contributed by atoms with Crippen LogP contribution in [0, 0.1) is 0 Å². The van der Waals surface area contributed by atoms with Crippen molar-refractivity contribution in [3.05, 3.63) is 137 Å². The number of amides is 8. The lowest BCUT2D eigenvalue weighted by molar-refractivity contribution is -0.176. The summed E-state index contributed by atoms with van der Waals surface area (Å²) in [5, 5.41) is 17.0. The predicted molar refractivity (Wildman–Crippen MR) is 316 cm³/mol. The van der Waals surface area contributed by atoms with Gasteiger partial charge in [0.2, 0.25) is 41.4 Å². The highest BCUT2D eigenvalue weighted by Gasteiger charge is 2.49. The van der Waals surface area contributed by atoms with E-state index in [0.29, 0.717) is 58.5 Å². The zero-order valence-corrected chi connectivity index (χ0v) is 50.0. The molecule has 1 aromatic heterocycles. The minimum absolute atomic E-state index is 0.00797. The number of rotatable bonds is 17. The van der Waals surface area contributed by atoms with E-state index >= 15 is 4.79 Å². The SMILES string of the molecule is CCCC[C@@H]1NC(=O)[C@H](Cc2ccccc2)NC(=O)CNC(=O)[C@@H](C(C)(C)S)N(Oc2ccc([C@H](N)C(=O)N[C@@H](Cc3c[nH]c4ccccc34)C(=O)NCc3cc(C(F)(F)F)cc(C(F)(F)F)c3)cc2)C(=O)[C@H](C(C)(C)S)NC(=O)[C@@H]2CCCN2C1=O. The second-order valence-electron chi connectivity index (χ2n) is 22.6. The number of unbranched alkanes of at least 4 members (excludes halogenated alkanes) is 1. The monoisotopic (exact) mass is 1250 g/mol. The van der Waals surface area contributed by atoms with E-state index < -0.39 is 141 Å². The van der Waals surface area contributed by atoms with Crippen LogP contribution in [0.1, 0.15) is 106 Å². The lowest BCUT2D eigenvalue weighted by Gasteiger charge is -2.41. The van der Waals surface area contributed by atoms with E-state index in [9.17, 15) is 59.9 Å². The molecule has 2 aliphatic heterocycles. The largest absolute Gasteiger partial charge is 0.416 e. The van der Waals surface area contributed by atoms with Crippen LogP contribution in [0.3, 0.4) is 0 Å². The van der Waals surface area contributed by atoms with E-state index in [1.54, 1.807) is 60.8 Å². The van der Waals surface area contributed by atoms with Gasteiger partial charge in [0.15, 0.2) is 11.8 Å². The summed E-state index contributed by atoms with van der Waals surface area (Å²) in [6, 6.07) is 11.9. The van der Waals surface area contributed by atoms with Gasteiger partial charge in [-0.25, -0.2) is 0 Å². The Morgan fingerprint density at radius 3 is 2.01 bits per heavy atom. The number of aromatic nitrogens is 1. The molecule has 9 N–H and O–H groups in total. The van der Waals surface area contributed by atoms with E-state index in [1.807, 2.05) is 6.92 Å². The Bertz CT molecular complexity index is 3290. The van der Waals surface area contributed by atoms with Crippen molar-refractivity contribution in [2.24, 2.45) is 5.73 Å². The molecule has 3 heterocycles. The summed E-state index contributed by atoms with van der Waals surface area (Å²) in [5.41, 5.74) is 4.72. The number of nitrogens with one attached hydrogen (secondary N) is 7. The first-order chi connectivity index (χ1) is 40.8. The predicted octanol–water partition coefficient (Wildman–Crippen LogP) is 6.17. The van der Waals surface area contributed by atoms with Gasteiger partial charge in [-0.2, -0.15) is 56.7 Å². The topological polar surface area (TPSA) is 266 Å². The molecule has 0 bridgehead atoms. The van der Waals surface area contributed by atoms with Crippen LogP contribution in [-0.4, -0.2) is 121 Å². The van der Waals surface area contributed by atoms with Crippen molar-refractivity contribution in [1.82, 2.24) is 46.8 Å². The lowest BCUT2D eigenvalue weighted by Crippen LogP contribution is -2.66.